The highest BCUT2D eigenvalue weighted by molar-refractivity contribution is 5.80. The third-order valence-electron chi connectivity index (χ3n) is 8.38. The van der Waals surface area contributed by atoms with Crippen LogP contribution in [-0.4, -0.2) is 57.3 Å². The molecule has 4 atom stereocenters. The fourth-order valence-electron chi connectivity index (χ4n) is 5.38. The van der Waals surface area contributed by atoms with Gasteiger partial charge in [-0.25, -0.2) is 0 Å². The van der Waals surface area contributed by atoms with E-state index in [0.29, 0.717) is 19.3 Å². The van der Waals surface area contributed by atoms with Crippen molar-refractivity contribution < 1.29 is 25.2 Å². The second-order valence-corrected chi connectivity index (χ2v) is 12.6. The van der Waals surface area contributed by atoms with Crippen LogP contribution in [0.4, 0.5) is 0 Å². The highest BCUT2D eigenvalue weighted by Gasteiger charge is 2.28. The van der Waals surface area contributed by atoms with Gasteiger partial charge in [-0.2, -0.15) is 0 Å². The molecule has 0 radical (unpaired) electrons. The molecule has 254 valence electrons. The van der Waals surface area contributed by atoms with Gasteiger partial charge in [0.25, 0.3) is 0 Å². The maximum absolute atomic E-state index is 12.4. The SMILES string of the molecule is CCCC/C=C/CCCC(O)C(O)C(CO)NC(=O)C(O)CCCCCCCC/C=C\CCCCCCCCCCCC. The van der Waals surface area contributed by atoms with E-state index < -0.39 is 36.9 Å². The quantitative estimate of drug-likeness (QED) is 0.0388. The van der Waals surface area contributed by atoms with Crippen molar-refractivity contribution in [2.45, 2.75) is 199 Å². The van der Waals surface area contributed by atoms with E-state index in [4.69, 9.17) is 0 Å². The molecule has 0 spiro atoms. The van der Waals surface area contributed by atoms with Gasteiger partial charge in [-0.15, -0.1) is 0 Å². The van der Waals surface area contributed by atoms with Crippen LogP contribution < -0.4 is 5.32 Å². The molecular formula is C37H71NO5. The molecule has 4 unspecified atom stereocenters. The molecule has 6 nitrogen and oxygen atoms in total. The Labute approximate surface area is 265 Å². The Morgan fingerprint density at radius 1 is 0.558 bits per heavy atom. The number of hydrogen-bond acceptors (Lipinski definition) is 5. The van der Waals surface area contributed by atoms with Gasteiger partial charge in [0.2, 0.25) is 5.91 Å². The normalized spacial score (nSPS) is 14.8. The fourth-order valence-corrected chi connectivity index (χ4v) is 5.38. The molecular weight excluding hydrogens is 538 g/mol. The molecule has 0 aromatic rings. The summed E-state index contributed by atoms with van der Waals surface area (Å²) in [5, 5.41) is 43.1. The summed E-state index contributed by atoms with van der Waals surface area (Å²) in [5.74, 6) is -0.603. The van der Waals surface area contributed by atoms with Crippen LogP contribution >= 0.6 is 0 Å². The smallest absolute Gasteiger partial charge is 0.249 e. The first-order chi connectivity index (χ1) is 21.0. The lowest BCUT2D eigenvalue weighted by atomic mass is 10.00. The predicted octanol–water partition coefficient (Wildman–Crippen LogP) is 8.45. The Bertz CT molecular complexity index is 653. The number of rotatable bonds is 32. The Hall–Kier alpha value is -1.21. The molecule has 1 amide bonds. The van der Waals surface area contributed by atoms with Gasteiger partial charge in [-0.1, -0.05) is 141 Å². The summed E-state index contributed by atoms with van der Waals surface area (Å²) in [6, 6.07) is -0.999. The molecule has 0 aliphatic heterocycles. The summed E-state index contributed by atoms with van der Waals surface area (Å²) in [7, 11) is 0. The van der Waals surface area contributed by atoms with Gasteiger partial charge in [0.1, 0.15) is 12.2 Å². The summed E-state index contributed by atoms with van der Waals surface area (Å²) in [6.07, 6.45) is 33.7. The molecule has 0 heterocycles. The molecule has 6 heteroatoms. The van der Waals surface area contributed by atoms with E-state index in [9.17, 15) is 25.2 Å². The molecule has 43 heavy (non-hydrogen) atoms. The highest BCUT2D eigenvalue weighted by Crippen LogP contribution is 2.14. The molecule has 0 aromatic carbocycles. The van der Waals surface area contributed by atoms with Gasteiger partial charge in [-0.05, 0) is 57.8 Å². The van der Waals surface area contributed by atoms with Gasteiger partial charge >= 0.3 is 0 Å². The van der Waals surface area contributed by atoms with Crippen LogP contribution in [0.25, 0.3) is 0 Å². The van der Waals surface area contributed by atoms with Crippen LogP contribution in [0.1, 0.15) is 174 Å². The van der Waals surface area contributed by atoms with Crippen molar-refractivity contribution in [2.24, 2.45) is 0 Å². The second kappa shape index (κ2) is 32.2. The first kappa shape index (κ1) is 41.8. The first-order valence-electron chi connectivity index (χ1n) is 18.2. The minimum atomic E-state index is -1.28. The summed E-state index contributed by atoms with van der Waals surface area (Å²) in [6.45, 7) is 3.93. The average Bonchev–Trinajstić information content (AvgIpc) is 3.01. The maximum atomic E-state index is 12.4. The van der Waals surface area contributed by atoms with Crippen LogP contribution in [-0.2, 0) is 4.79 Å². The standard InChI is InChI=1S/C37H71NO5/c1-3-5-7-9-11-12-13-14-15-16-17-18-19-20-21-22-23-25-27-29-31-35(41)37(43)38-33(32-39)36(42)34(40)30-28-26-24-10-8-6-4-2/h10,18-19,24,33-36,39-42H,3-9,11-17,20-23,25-32H2,1-2H3,(H,38,43)/b19-18-,24-10+. The van der Waals surface area contributed by atoms with Gasteiger partial charge in [0.05, 0.1) is 18.8 Å². The zero-order chi connectivity index (χ0) is 31.8. The zero-order valence-electron chi connectivity index (χ0n) is 28.2. The van der Waals surface area contributed by atoms with Gasteiger partial charge in [0.15, 0.2) is 0 Å². The van der Waals surface area contributed by atoms with Crippen molar-refractivity contribution in [3.8, 4) is 0 Å². The lowest BCUT2D eigenvalue weighted by Crippen LogP contribution is -2.53. The minimum absolute atomic E-state index is 0.356. The lowest BCUT2D eigenvalue weighted by Gasteiger charge is -2.27. The molecule has 5 N–H and O–H groups in total. The number of amides is 1. The van der Waals surface area contributed by atoms with Crippen molar-refractivity contribution >= 4 is 5.91 Å². The van der Waals surface area contributed by atoms with Crippen LogP contribution in [0.3, 0.4) is 0 Å². The maximum Gasteiger partial charge on any atom is 0.249 e. The summed E-state index contributed by atoms with van der Waals surface area (Å²) >= 11 is 0. The summed E-state index contributed by atoms with van der Waals surface area (Å²) in [5.41, 5.74) is 0. The van der Waals surface area contributed by atoms with E-state index in [1.165, 1.54) is 96.3 Å². The number of aliphatic hydroxyl groups excluding tert-OH is 4. The third kappa shape index (κ3) is 26.9. The van der Waals surface area contributed by atoms with Crippen LogP contribution in [0.15, 0.2) is 24.3 Å². The molecule has 0 aliphatic rings. The topological polar surface area (TPSA) is 110 Å². The van der Waals surface area contributed by atoms with Crippen molar-refractivity contribution in [3.05, 3.63) is 24.3 Å². The molecule has 0 fully saturated rings. The molecule has 0 saturated carbocycles. The van der Waals surface area contributed by atoms with Crippen molar-refractivity contribution in [1.82, 2.24) is 5.32 Å². The summed E-state index contributed by atoms with van der Waals surface area (Å²) < 4.78 is 0. The van der Waals surface area contributed by atoms with Crippen LogP contribution in [0, 0.1) is 0 Å². The molecule has 0 aliphatic carbocycles. The van der Waals surface area contributed by atoms with Crippen molar-refractivity contribution in [1.29, 1.82) is 0 Å². The number of aliphatic hydroxyl groups is 4. The van der Waals surface area contributed by atoms with E-state index >= 15 is 0 Å². The van der Waals surface area contributed by atoms with Crippen LogP contribution in [0.2, 0.25) is 0 Å². The number of hydrogen-bond donors (Lipinski definition) is 5. The van der Waals surface area contributed by atoms with E-state index in [0.717, 1.165) is 44.9 Å². The van der Waals surface area contributed by atoms with Gasteiger partial charge in [-0.3, -0.25) is 4.79 Å². The van der Waals surface area contributed by atoms with Gasteiger partial charge < -0.3 is 25.7 Å². The average molecular weight is 610 g/mol. The summed E-state index contributed by atoms with van der Waals surface area (Å²) in [4.78, 5) is 12.4. The third-order valence-corrected chi connectivity index (χ3v) is 8.38. The number of unbranched alkanes of at least 4 members (excludes halogenated alkanes) is 19. The molecule has 0 bridgehead atoms. The first-order valence-corrected chi connectivity index (χ1v) is 18.2. The predicted molar refractivity (Wildman–Crippen MR) is 182 cm³/mol. The second-order valence-electron chi connectivity index (χ2n) is 12.6. The molecule has 0 aromatic heterocycles. The van der Waals surface area contributed by atoms with Crippen molar-refractivity contribution in [3.63, 3.8) is 0 Å². The Balaban J connectivity index is 3.75. The fraction of sp³-hybridized carbons (Fsp3) is 0.865. The Morgan fingerprint density at radius 2 is 0.977 bits per heavy atom. The van der Waals surface area contributed by atoms with E-state index in [2.05, 4.69) is 43.5 Å². The van der Waals surface area contributed by atoms with Crippen molar-refractivity contribution in [2.75, 3.05) is 6.61 Å². The number of allylic oxidation sites excluding steroid dienone is 4. The zero-order valence-corrected chi connectivity index (χ0v) is 28.2. The number of nitrogens with one attached hydrogen (secondary N) is 1. The van der Waals surface area contributed by atoms with E-state index in [1.54, 1.807) is 0 Å². The monoisotopic (exact) mass is 610 g/mol. The minimum Gasteiger partial charge on any atom is -0.394 e. The van der Waals surface area contributed by atoms with Crippen LogP contribution in [0.5, 0.6) is 0 Å². The van der Waals surface area contributed by atoms with E-state index in [1.807, 2.05) is 0 Å². The molecule has 0 rings (SSSR count). The Kier molecular flexibility index (Phi) is 31.3. The number of carbonyl (C=O) groups excluding carboxylic acids is 1. The molecule has 0 saturated heterocycles. The number of carbonyl (C=O) groups is 1. The largest absolute Gasteiger partial charge is 0.394 e. The highest BCUT2D eigenvalue weighted by atomic mass is 16.3. The Morgan fingerprint density at radius 3 is 1.47 bits per heavy atom. The lowest BCUT2D eigenvalue weighted by molar-refractivity contribution is -0.132. The van der Waals surface area contributed by atoms with Gasteiger partial charge in [0, 0.05) is 0 Å². The van der Waals surface area contributed by atoms with E-state index in [-0.39, 0.29) is 0 Å².